The van der Waals surface area contributed by atoms with Gasteiger partial charge < -0.3 is 10.4 Å². The van der Waals surface area contributed by atoms with Gasteiger partial charge in [-0.25, -0.2) is 0 Å². The Labute approximate surface area is 122 Å². The number of nitrogens with one attached hydrogen (secondary N) is 1. The number of hydrogen-bond donors (Lipinski definition) is 2. The first-order valence-electron chi connectivity index (χ1n) is 6.81. The number of carboxylic acids is 1. The van der Waals surface area contributed by atoms with Crippen LogP contribution in [-0.2, 0) is 4.79 Å². The third-order valence-electron chi connectivity index (χ3n) is 3.90. The van der Waals surface area contributed by atoms with Crippen LogP contribution >= 0.6 is 0 Å². The van der Waals surface area contributed by atoms with Crippen molar-refractivity contribution in [3.63, 3.8) is 0 Å². The normalized spacial score (nSPS) is 15.2. The van der Waals surface area contributed by atoms with Crippen molar-refractivity contribution in [3.05, 3.63) is 59.2 Å². The van der Waals surface area contributed by atoms with Crippen molar-refractivity contribution in [1.29, 1.82) is 0 Å². The van der Waals surface area contributed by atoms with Gasteiger partial charge in [-0.2, -0.15) is 0 Å². The summed E-state index contributed by atoms with van der Waals surface area (Å²) in [4.78, 5) is 22.5. The molecular weight excluding hydrogens is 266 g/mol. The topological polar surface area (TPSA) is 66.4 Å². The number of carbonyl (C=O) groups excluding carboxylic acids is 1. The van der Waals surface area contributed by atoms with Crippen LogP contribution in [0.1, 0.15) is 34.3 Å². The molecule has 1 aliphatic carbocycles. The molecule has 0 aromatic heterocycles. The van der Waals surface area contributed by atoms with Crippen LogP contribution in [0.4, 0.5) is 0 Å². The van der Waals surface area contributed by atoms with Gasteiger partial charge in [0.15, 0.2) is 0 Å². The number of fused-ring (bicyclic) bond motifs is 3. The summed E-state index contributed by atoms with van der Waals surface area (Å²) in [7, 11) is 0. The van der Waals surface area contributed by atoms with Crippen LogP contribution in [0.2, 0.25) is 0 Å². The van der Waals surface area contributed by atoms with Gasteiger partial charge in [-0.3, -0.25) is 9.59 Å². The Balaban J connectivity index is 1.94. The molecule has 21 heavy (non-hydrogen) atoms. The van der Waals surface area contributed by atoms with Gasteiger partial charge in [0.05, 0.1) is 0 Å². The van der Waals surface area contributed by atoms with Crippen molar-refractivity contribution in [1.82, 2.24) is 5.32 Å². The zero-order chi connectivity index (χ0) is 15.0. The molecule has 3 rings (SSSR count). The van der Waals surface area contributed by atoms with Crippen LogP contribution in [0.15, 0.2) is 42.5 Å². The maximum Gasteiger partial charge on any atom is 0.322 e. The first-order valence-corrected chi connectivity index (χ1v) is 6.81. The zero-order valence-electron chi connectivity index (χ0n) is 11.6. The fourth-order valence-corrected chi connectivity index (χ4v) is 2.85. The highest BCUT2D eigenvalue weighted by Crippen LogP contribution is 2.44. The summed E-state index contributed by atoms with van der Waals surface area (Å²) in [6.07, 6.45) is 0. The number of carboxylic acid groups (broad SMARTS) is 1. The molecule has 0 saturated carbocycles. The summed E-state index contributed by atoms with van der Waals surface area (Å²) in [5.41, 5.74) is 5.22. The third-order valence-corrected chi connectivity index (χ3v) is 3.90. The van der Waals surface area contributed by atoms with Crippen molar-refractivity contribution < 1.29 is 14.7 Å². The first kappa shape index (κ1) is 13.4. The highest BCUT2D eigenvalue weighted by atomic mass is 16.4. The van der Waals surface area contributed by atoms with Gasteiger partial charge in [0.25, 0.3) is 5.91 Å². The minimum absolute atomic E-state index is 0.239. The van der Waals surface area contributed by atoms with Gasteiger partial charge in [-0.15, -0.1) is 0 Å². The Bertz CT molecular complexity index is 737. The Kier molecular flexibility index (Phi) is 3.22. The number of rotatable bonds is 3. The predicted molar refractivity (Wildman–Crippen MR) is 79.4 cm³/mol. The molecule has 0 bridgehead atoms. The molecule has 0 radical (unpaired) electrons. The lowest BCUT2D eigenvalue weighted by Crippen LogP contribution is -2.29. The van der Waals surface area contributed by atoms with E-state index in [1.54, 1.807) is 6.07 Å². The minimum Gasteiger partial charge on any atom is -0.480 e. The molecule has 1 aliphatic rings. The Morgan fingerprint density at radius 1 is 1.10 bits per heavy atom. The average Bonchev–Trinajstić information content (AvgIpc) is 2.78. The van der Waals surface area contributed by atoms with E-state index >= 15 is 0 Å². The van der Waals surface area contributed by atoms with Crippen LogP contribution in [0.5, 0.6) is 0 Å². The molecule has 0 spiro atoms. The van der Waals surface area contributed by atoms with Crippen molar-refractivity contribution in [2.75, 3.05) is 6.54 Å². The monoisotopic (exact) mass is 281 g/mol. The molecule has 4 heteroatoms. The van der Waals surface area contributed by atoms with Gasteiger partial charge in [-0.1, -0.05) is 37.3 Å². The van der Waals surface area contributed by atoms with Crippen LogP contribution in [0.3, 0.4) is 0 Å². The van der Waals surface area contributed by atoms with Crippen molar-refractivity contribution in [2.45, 2.75) is 12.8 Å². The third kappa shape index (κ3) is 2.29. The smallest absolute Gasteiger partial charge is 0.322 e. The van der Waals surface area contributed by atoms with E-state index in [9.17, 15) is 9.59 Å². The summed E-state index contributed by atoms with van der Waals surface area (Å²) in [6.45, 7) is 1.75. The number of benzene rings is 2. The second-order valence-electron chi connectivity index (χ2n) is 5.19. The Morgan fingerprint density at radius 3 is 2.57 bits per heavy atom. The fourth-order valence-electron chi connectivity index (χ4n) is 2.85. The lowest BCUT2D eigenvalue weighted by molar-refractivity contribution is -0.135. The van der Waals surface area contributed by atoms with Gasteiger partial charge in [0.2, 0.25) is 0 Å². The maximum absolute atomic E-state index is 12.0. The zero-order valence-corrected chi connectivity index (χ0v) is 11.6. The van der Waals surface area contributed by atoms with Gasteiger partial charge in [-0.05, 0) is 34.4 Å². The van der Waals surface area contributed by atoms with E-state index in [-0.39, 0.29) is 18.4 Å². The standard InChI is InChI=1S/C17H15NO3/c1-10-12-4-2-3-5-13(12)14-7-6-11(8-15(10)14)17(21)18-9-16(19)20/h2-8,10H,9H2,1H3,(H,18,21)(H,19,20). The Morgan fingerprint density at radius 2 is 1.81 bits per heavy atom. The summed E-state index contributed by atoms with van der Waals surface area (Å²) >= 11 is 0. The lowest BCUT2D eigenvalue weighted by Gasteiger charge is -2.08. The molecular formula is C17H15NO3. The molecule has 0 heterocycles. The maximum atomic E-state index is 12.0. The Hall–Kier alpha value is -2.62. The van der Waals surface area contributed by atoms with E-state index < -0.39 is 5.97 Å². The van der Waals surface area contributed by atoms with Crippen LogP contribution in [0, 0.1) is 0 Å². The SMILES string of the molecule is CC1c2ccccc2-c2ccc(C(=O)NCC(=O)O)cc21. The summed E-state index contributed by atoms with van der Waals surface area (Å²) in [6, 6.07) is 13.7. The van der Waals surface area contributed by atoms with E-state index in [4.69, 9.17) is 5.11 Å². The first-order chi connectivity index (χ1) is 10.1. The molecule has 1 atom stereocenters. The predicted octanol–water partition coefficient (Wildman–Crippen LogP) is 2.63. The van der Waals surface area contributed by atoms with Crippen LogP contribution < -0.4 is 5.32 Å². The van der Waals surface area contributed by atoms with E-state index in [1.807, 2.05) is 24.3 Å². The van der Waals surface area contributed by atoms with Gasteiger partial charge in [0, 0.05) is 11.5 Å². The molecule has 0 saturated heterocycles. The van der Waals surface area contributed by atoms with Gasteiger partial charge in [0.1, 0.15) is 6.54 Å². The van der Waals surface area contributed by atoms with Crippen molar-refractivity contribution in [2.24, 2.45) is 0 Å². The fraction of sp³-hybridized carbons (Fsp3) is 0.176. The highest BCUT2D eigenvalue weighted by molar-refractivity contribution is 5.97. The van der Waals surface area contributed by atoms with Crippen molar-refractivity contribution in [3.8, 4) is 11.1 Å². The molecule has 2 N–H and O–H groups in total. The largest absolute Gasteiger partial charge is 0.480 e. The molecule has 2 aromatic rings. The van der Waals surface area contributed by atoms with Crippen LogP contribution in [-0.4, -0.2) is 23.5 Å². The average molecular weight is 281 g/mol. The second-order valence-corrected chi connectivity index (χ2v) is 5.19. The molecule has 0 fully saturated rings. The summed E-state index contributed by atoms with van der Waals surface area (Å²) in [5, 5.41) is 11.0. The number of aliphatic carboxylic acids is 1. The quantitative estimate of drug-likeness (QED) is 0.909. The number of hydrogen-bond acceptors (Lipinski definition) is 2. The lowest BCUT2D eigenvalue weighted by atomic mass is 9.97. The molecule has 1 amide bonds. The van der Waals surface area contributed by atoms with E-state index in [0.717, 1.165) is 11.1 Å². The minimum atomic E-state index is -1.05. The number of carbonyl (C=O) groups is 2. The van der Waals surface area contributed by atoms with E-state index in [1.165, 1.54) is 11.1 Å². The molecule has 2 aromatic carbocycles. The molecule has 106 valence electrons. The number of amides is 1. The van der Waals surface area contributed by atoms with E-state index in [2.05, 4.69) is 24.4 Å². The molecule has 4 nitrogen and oxygen atoms in total. The van der Waals surface area contributed by atoms with E-state index in [0.29, 0.717) is 5.56 Å². The molecule has 0 aliphatic heterocycles. The highest BCUT2D eigenvalue weighted by Gasteiger charge is 2.25. The molecule has 1 unspecified atom stereocenters. The van der Waals surface area contributed by atoms with Gasteiger partial charge >= 0.3 is 5.97 Å². The van der Waals surface area contributed by atoms with Crippen molar-refractivity contribution >= 4 is 11.9 Å². The summed E-state index contributed by atoms with van der Waals surface area (Å²) < 4.78 is 0. The second kappa shape index (κ2) is 5.05. The summed E-state index contributed by atoms with van der Waals surface area (Å²) in [5.74, 6) is -1.17. The van der Waals surface area contributed by atoms with Crippen LogP contribution in [0.25, 0.3) is 11.1 Å².